The summed E-state index contributed by atoms with van der Waals surface area (Å²) < 4.78 is 5.62. The molecule has 0 radical (unpaired) electrons. The molecule has 2 aromatic heterocycles. The van der Waals surface area contributed by atoms with Gasteiger partial charge in [-0.2, -0.15) is 0 Å². The lowest BCUT2D eigenvalue weighted by molar-refractivity contribution is -0.385. The van der Waals surface area contributed by atoms with Gasteiger partial charge < -0.3 is 9.72 Å². The number of rotatable bonds is 3. The summed E-state index contributed by atoms with van der Waals surface area (Å²) in [5.41, 5.74) is 0.799. The molecule has 0 aliphatic rings. The highest BCUT2D eigenvalue weighted by atomic mass is 16.6. The number of H-pyrrole nitrogens is 1. The van der Waals surface area contributed by atoms with E-state index in [1.165, 1.54) is 18.3 Å². The number of nitrogens with zero attached hydrogens (tertiary/aromatic N) is 2. The van der Waals surface area contributed by atoms with Crippen molar-refractivity contribution in [1.29, 1.82) is 0 Å². The van der Waals surface area contributed by atoms with Gasteiger partial charge in [0.05, 0.1) is 10.4 Å². The lowest BCUT2D eigenvalue weighted by Gasteiger charge is -2.05. The molecule has 0 atom stereocenters. The van der Waals surface area contributed by atoms with E-state index in [0.717, 1.165) is 10.9 Å². The number of fused-ring (bicyclic) bond motifs is 1. The SMILES string of the molecule is O=[N+]([O-])c1ccc(Oc2cccc3cc[nH]c23)nc1. The van der Waals surface area contributed by atoms with Crippen LogP contribution in [0.4, 0.5) is 5.69 Å². The van der Waals surface area contributed by atoms with Crippen LogP contribution < -0.4 is 4.74 Å². The fourth-order valence-electron chi connectivity index (χ4n) is 1.79. The number of benzene rings is 1. The molecule has 0 fully saturated rings. The van der Waals surface area contributed by atoms with Crippen LogP contribution in [0, 0.1) is 10.1 Å². The summed E-state index contributed by atoms with van der Waals surface area (Å²) in [6.07, 6.45) is 2.99. The molecule has 0 spiro atoms. The Balaban J connectivity index is 1.92. The molecule has 3 rings (SSSR count). The first-order valence-corrected chi connectivity index (χ1v) is 5.58. The van der Waals surface area contributed by atoms with E-state index in [1.54, 1.807) is 0 Å². The molecule has 0 aliphatic carbocycles. The summed E-state index contributed by atoms with van der Waals surface area (Å²) in [6.45, 7) is 0. The molecule has 1 aromatic carbocycles. The van der Waals surface area contributed by atoms with Crippen LogP contribution in [-0.2, 0) is 0 Å². The fourth-order valence-corrected chi connectivity index (χ4v) is 1.79. The topological polar surface area (TPSA) is 81.0 Å². The summed E-state index contributed by atoms with van der Waals surface area (Å²) in [5, 5.41) is 11.6. The van der Waals surface area contributed by atoms with E-state index in [2.05, 4.69) is 9.97 Å². The monoisotopic (exact) mass is 255 g/mol. The molecular formula is C13H9N3O3. The van der Waals surface area contributed by atoms with Crippen LogP contribution in [0.5, 0.6) is 11.6 Å². The highest BCUT2D eigenvalue weighted by Crippen LogP contribution is 2.28. The van der Waals surface area contributed by atoms with Gasteiger partial charge in [-0.05, 0) is 12.1 Å². The number of nitrogens with one attached hydrogen (secondary N) is 1. The van der Waals surface area contributed by atoms with Gasteiger partial charge in [-0.1, -0.05) is 12.1 Å². The first-order chi connectivity index (χ1) is 9.24. The molecule has 6 heteroatoms. The van der Waals surface area contributed by atoms with Crippen molar-refractivity contribution in [1.82, 2.24) is 9.97 Å². The zero-order valence-corrected chi connectivity index (χ0v) is 9.74. The molecule has 6 nitrogen and oxygen atoms in total. The molecular weight excluding hydrogens is 246 g/mol. The lowest BCUT2D eigenvalue weighted by atomic mass is 10.2. The number of aromatic nitrogens is 2. The van der Waals surface area contributed by atoms with Crippen molar-refractivity contribution in [3.8, 4) is 11.6 Å². The van der Waals surface area contributed by atoms with Crippen LogP contribution in [0.15, 0.2) is 48.8 Å². The number of hydrogen-bond acceptors (Lipinski definition) is 4. The Bertz CT molecular complexity index is 734. The van der Waals surface area contributed by atoms with Gasteiger partial charge >= 0.3 is 0 Å². The Morgan fingerprint density at radius 2 is 2.11 bits per heavy atom. The Morgan fingerprint density at radius 1 is 1.21 bits per heavy atom. The summed E-state index contributed by atoms with van der Waals surface area (Å²) in [7, 11) is 0. The van der Waals surface area contributed by atoms with Gasteiger partial charge in [0.1, 0.15) is 6.20 Å². The van der Waals surface area contributed by atoms with E-state index in [-0.39, 0.29) is 5.69 Å². The summed E-state index contributed by atoms with van der Waals surface area (Å²) in [6, 6.07) is 10.4. The number of nitro groups is 1. The first-order valence-electron chi connectivity index (χ1n) is 5.58. The number of para-hydroxylation sites is 1. The van der Waals surface area contributed by atoms with E-state index < -0.39 is 4.92 Å². The van der Waals surface area contributed by atoms with Crippen molar-refractivity contribution in [2.75, 3.05) is 0 Å². The second-order valence-electron chi connectivity index (χ2n) is 3.91. The van der Waals surface area contributed by atoms with E-state index in [0.29, 0.717) is 11.6 Å². The average molecular weight is 255 g/mol. The second-order valence-corrected chi connectivity index (χ2v) is 3.91. The van der Waals surface area contributed by atoms with E-state index in [9.17, 15) is 10.1 Å². The molecule has 94 valence electrons. The second kappa shape index (κ2) is 4.41. The van der Waals surface area contributed by atoms with Crippen molar-refractivity contribution < 1.29 is 9.66 Å². The summed E-state index contributed by atoms with van der Waals surface area (Å²) in [5.74, 6) is 0.941. The molecule has 0 bridgehead atoms. The summed E-state index contributed by atoms with van der Waals surface area (Å²) >= 11 is 0. The maximum absolute atomic E-state index is 10.5. The van der Waals surface area contributed by atoms with Crippen LogP contribution >= 0.6 is 0 Å². The highest BCUT2D eigenvalue weighted by Gasteiger charge is 2.08. The minimum absolute atomic E-state index is 0.0644. The van der Waals surface area contributed by atoms with E-state index in [4.69, 9.17) is 4.74 Å². The van der Waals surface area contributed by atoms with E-state index in [1.807, 2.05) is 30.5 Å². The Morgan fingerprint density at radius 3 is 2.84 bits per heavy atom. The number of aromatic amines is 1. The minimum atomic E-state index is -0.498. The summed E-state index contributed by atoms with van der Waals surface area (Å²) in [4.78, 5) is 17.0. The predicted molar refractivity (Wildman–Crippen MR) is 69.3 cm³/mol. The zero-order chi connectivity index (χ0) is 13.2. The Labute approximate surface area is 107 Å². The van der Waals surface area contributed by atoms with Gasteiger partial charge in [0.25, 0.3) is 5.69 Å². The Kier molecular flexibility index (Phi) is 2.60. The quantitative estimate of drug-likeness (QED) is 0.575. The van der Waals surface area contributed by atoms with Gasteiger partial charge in [-0.25, -0.2) is 4.98 Å². The third kappa shape index (κ3) is 2.11. The first kappa shape index (κ1) is 11.2. The predicted octanol–water partition coefficient (Wildman–Crippen LogP) is 3.26. The maximum atomic E-state index is 10.5. The van der Waals surface area contributed by atoms with Crippen LogP contribution in [0.1, 0.15) is 0 Å². The number of hydrogen-bond donors (Lipinski definition) is 1. The van der Waals surface area contributed by atoms with E-state index >= 15 is 0 Å². The van der Waals surface area contributed by atoms with Gasteiger partial charge in [-0.15, -0.1) is 0 Å². The minimum Gasteiger partial charge on any atom is -0.437 e. The molecule has 3 aromatic rings. The Hall–Kier alpha value is -2.89. The third-order valence-electron chi connectivity index (χ3n) is 2.70. The van der Waals surface area contributed by atoms with Crippen LogP contribution in [0.3, 0.4) is 0 Å². The third-order valence-corrected chi connectivity index (χ3v) is 2.70. The number of ether oxygens (including phenoxy) is 1. The van der Waals surface area contributed by atoms with Crippen molar-refractivity contribution in [2.45, 2.75) is 0 Å². The van der Waals surface area contributed by atoms with Crippen molar-refractivity contribution in [3.05, 3.63) is 58.9 Å². The molecule has 2 heterocycles. The molecule has 0 aliphatic heterocycles. The van der Waals surface area contributed by atoms with Gasteiger partial charge in [0.15, 0.2) is 5.75 Å². The molecule has 0 saturated carbocycles. The normalized spacial score (nSPS) is 10.5. The smallest absolute Gasteiger partial charge is 0.287 e. The van der Waals surface area contributed by atoms with Crippen molar-refractivity contribution in [2.24, 2.45) is 0 Å². The maximum Gasteiger partial charge on any atom is 0.287 e. The molecule has 0 saturated heterocycles. The van der Waals surface area contributed by atoms with Gasteiger partial charge in [0.2, 0.25) is 5.88 Å². The van der Waals surface area contributed by atoms with Crippen molar-refractivity contribution in [3.63, 3.8) is 0 Å². The van der Waals surface area contributed by atoms with Crippen molar-refractivity contribution >= 4 is 16.6 Å². The van der Waals surface area contributed by atoms with Crippen LogP contribution in [0.25, 0.3) is 10.9 Å². The molecule has 0 amide bonds. The molecule has 1 N–H and O–H groups in total. The largest absolute Gasteiger partial charge is 0.437 e. The fraction of sp³-hybridized carbons (Fsp3) is 0. The van der Waals surface area contributed by atoms with Crippen LogP contribution in [-0.4, -0.2) is 14.9 Å². The standard InChI is InChI=1S/C13H9N3O3/c17-16(18)10-4-5-12(15-8-10)19-11-3-1-2-9-6-7-14-13(9)11/h1-8,14H. The molecule has 19 heavy (non-hydrogen) atoms. The van der Waals surface area contributed by atoms with Gasteiger partial charge in [0, 0.05) is 23.7 Å². The van der Waals surface area contributed by atoms with Crippen LogP contribution in [0.2, 0.25) is 0 Å². The highest BCUT2D eigenvalue weighted by molar-refractivity contribution is 5.85. The number of pyridine rings is 1. The average Bonchev–Trinajstić information content (AvgIpc) is 2.89. The lowest BCUT2D eigenvalue weighted by Crippen LogP contribution is -1.92. The van der Waals surface area contributed by atoms with Gasteiger partial charge in [-0.3, -0.25) is 10.1 Å². The molecule has 0 unspecified atom stereocenters. The zero-order valence-electron chi connectivity index (χ0n) is 9.74.